The van der Waals surface area contributed by atoms with E-state index in [-0.39, 0.29) is 15.4 Å². The van der Waals surface area contributed by atoms with E-state index in [1.165, 1.54) is 31.7 Å². The highest BCUT2D eigenvalue weighted by atomic mass is 28.2. The van der Waals surface area contributed by atoms with Crippen molar-refractivity contribution >= 4 is 9.52 Å². The van der Waals surface area contributed by atoms with Crippen LogP contribution in [0.3, 0.4) is 0 Å². The van der Waals surface area contributed by atoms with Crippen molar-refractivity contribution in [3.05, 3.63) is 0 Å². The van der Waals surface area contributed by atoms with Crippen molar-refractivity contribution in [2.24, 2.45) is 5.92 Å². The fourth-order valence-electron chi connectivity index (χ4n) is 2.91. The third kappa shape index (κ3) is 4.36. The summed E-state index contributed by atoms with van der Waals surface area (Å²) in [6, 6.07) is 1.35. The molecule has 1 saturated heterocycles. The van der Waals surface area contributed by atoms with E-state index in [0.717, 1.165) is 19.1 Å². The zero-order valence-corrected chi connectivity index (χ0v) is 12.6. The molecular weight excluding hydrogens is 232 g/mol. The number of hydrogen-bond donors (Lipinski definition) is 0. The molecule has 3 atom stereocenters. The van der Waals surface area contributed by atoms with Gasteiger partial charge < -0.3 is 14.2 Å². The first-order valence-electron chi connectivity index (χ1n) is 7.22. The van der Waals surface area contributed by atoms with Crippen molar-refractivity contribution < 1.29 is 14.2 Å². The molecule has 0 amide bonds. The van der Waals surface area contributed by atoms with E-state index < -0.39 is 0 Å². The van der Waals surface area contributed by atoms with Crippen LogP contribution in [0, 0.1) is 5.92 Å². The molecule has 3 nitrogen and oxygen atoms in total. The van der Waals surface area contributed by atoms with Crippen LogP contribution >= 0.6 is 0 Å². The van der Waals surface area contributed by atoms with Crippen LogP contribution in [-0.2, 0) is 14.2 Å². The Labute approximate surface area is 107 Å². The van der Waals surface area contributed by atoms with Gasteiger partial charge in [0, 0.05) is 13.2 Å². The number of hydrogen-bond acceptors (Lipinski definition) is 3. The summed E-state index contributed by atoms with van der Waals surface area (Å²) < 4.78 is 16.8. The first-order chi connectivity index (χ1) is 8.33. The highest BCUT2D eigenvalue weighted by molar-refractivity contribution is 6.36. The largest absolute Gasteiger partial charge is 0.370 e. The Hall–Kier alpha value is 0.0969. The van der Waals surface area contributed by atoms with Gasteiger partial charge in [-0.3, -0.25) is 0 Å². The summed E-state index contributed by atoms with van der Waals surface area (Å²) in [5.74, 6) is 1.06. The molecule has 2 fully saturated rings. The summed E-state index contributed by atoms with van der Waals surface area (Å²) in [6.07, 6.45) is 6.64. The molecule has 0 aromatic carbocycles. The van der Waals surface area contributed by atoms with Gasteiger partial charge in [-0.05, 0) is 39.0 Å². The second-order valence-electron chi connectivity index (χ2n) is 5.16. The molecule has 1 aliphatic carbocycles. The Morgan fingerprint density at radius 3 is 2.59 bits per heavy atom. The minimum atomic E-state index is -0.230. The maximum atomic E-state index is 5.62. The summed E-state index contributed by atoms with van der Waals surface area (Å²) in [6.45, 7) is 5.65. The minimum absolute atomic E-state index is 0.151. The van der Waals surface area contributed by atoms with Gasteiger partial charge in [-0.15, -0.1) is 0 Å². The second-order valence-corrected chi connectivity index (χ2v) is 7.11. The number of rotatable bonds is 8. The van der Waals surface area contributed by atoms with Crippen LogP contribution in [0.15, 0.2) is 0 Å². The molecular formula is C13H26O3Si. The smallest absolute Gasteiger partial charge is 0.134 e. The lowest BCUT2D eigenvalue weighted by Gasteiger charge is -2.20. The van der Waals surface area contributed by atoms with Gasteiger partial charge in [0.05, 0.1) is 21.7 Å². The molecule has 0 N–H and O–H groups in total. The van der Waals surface area contributed by atoms with Crippen molar-refractivity contribution in [2.75, 3.05) is 13.2 Å². The van der Waals surface area contributed by atoms with Crippen LogP contribution in [0.25, 0.3) is 0 Å². The van der Waals surface area contributed by atoms with Crippen LogP contribution in [-0.4, -0.2) is 40.9 Å². The fourth-order valence-corrected chi connectivity index (χ4v) is 4.86. The standard InChI is InChI=1S/C13H26O3Si/c1-3-14-13(15-4-2)17-8-7-10-5-6-11-12(9-10)16-11/h10-13H,3-9,17H2,1-2H3. The molecule has 2 rings (SSSR count). The highest BCUT2D eigenvalue weighted by Crippen LogP contribution is 2.40. The number of fused-ring (bicyclic) bond motifs is 1. The van der Waals surface area contributed by atoms with Gasteiger partial charge in [0.25, 0.3) is 0 Å². The van der Waals surface area contributed by atoms with E-state index in [9.17, 15) is 0 Å². The van der Waals surface area contributed by atoms with Gasteiger partial charge in [0.1, 0.15) is 5.91 Å². The predicted octanol–water partition coefficient (Wildman–Crippen LogP) is 1.89. The molecule has 0 aromatic heterocycles. The molecule has 0 radical (unpaired) electrons. The van der Waals surface area contributed by atoms with Crippen LogP contribution in [0.4, 0.5) is 0 Å². The third-order valence-corrected chi connectivity index (χ3v) is 5.63. The third-order valence-electron chi connectivity index (χ3n) is 3.87. The molecule has 4 heteroatoms. The van der Waals surface area contributed by atoms with E-state index in [1.54, 1.807) is 0 Å². The van der Waals surface area contributed by atoms with Gasteiger partial charge in [-0.1, -0.05) is 12.5 Å². The van der Waals surface area contributed by atoms with Crippen LogP contribution < -0.4 is 0 Å². The van der Waals surface area contributed by atoms with Crippen molar-refractivity contribution in [2.45, 2.75) is 63.7 Å². The normalized spacial score (nSPS) is 32.3. The minimum Gasteiger partial charge on any atom is -0.370 e. The Bertz CT molecular complexity index is 217. The quantitative estimate of drug-likeness (QED) is 0.378. The fraction of sp³-hybridized carbons (Fsp3) is 1.00. The van der Waals surface area contributed by atoms with Gasteiger partial charge in [0.15, 0.2) is 0 Å². The van der Waals surface area contributed by atoms with E-state index in [2.05, 4.69) is 0 Å². The highest BCUT2D eigenvalue weighted by Gasteiger charge is 2.43. The van der Waals surface area contributed by atoms with Gasteiger partial charge in [-0.25, -0.2) is 0 Å². The molecule has 0 spiro atoms. The van der Waals surface area contributed by atoms with E-state index in [0.29, 0.717) is 12.2 Å². The van der Waals surface area contributed by atoms with E-state index >= 15 is 0 Å². The Morgan fingerprint density at radius 1 is 1.18 bits per heavy atom. The first-order valence-corrected chi connectivity index (χ1v) is 9.03. The van der Waals surface area contributed by atoms with Gasteiger partial charge >= 0.3 is 0 Å². The van der Waals surface area contributed by atoms with E-state index in [1.807, 2.05) is 13.8 Å². The molecule has 1 saturated carbocycles. The Balaban J connectivity index is 1.57. The predicted molar refractivity (Wildman–Crippen MR) is 71.0 cm³/mol. The summed E-state index contributed by atoms with van der Waals surface area (Å²) in [5.41, 5.74) is 0. The summed E-state index contributed by atoms with van der Waals surface area (Å²) in [5, 5.41) is 0. The Kier molecular flexibility index (Phi) is 5.47. The zero-order valence-electron chi connectivity index (χ0n) is 11.2. The van der Waals surface area contributed by atoms with Crippen LogP contribution in [0.5, 0.6) is 0 Å². The summed E-state index contributed by atoms with van der Waals surface area (Å²) >= 11 is 0. The molecule has 0 bridgehead atoms. The number of epoxide rings is 1. The Morgan fingerprint density at radius 2 is 1.94 bits per heavy atom. The summed E-state index contributed by atoms with van der Waals surface area (Å²) in [7, 11) is -0.230. The lowest BCUT2D eigenvalue weighted by molar-refractivity contribution is -0.0828. The summed E-state index contributed by atoms with van der Waals surface area (Å²) in [4.78, 5) is 0. The first kappa shape index (κ1) is 13.5. The topological polar surface area (TPSA) is 31.0 Å². The van der Waals surface area contributed by atoms with Crippen molar-refractivity contribution in [3.63, 3.8) is 0 Å². The van der Waals surface area contributed by atoms with Gasteiger partial charge in [-0.2, -0.15) is 0 Å². The second kappa shape index (κ2) is 6.88. The molecule has 3 unspecified atom stereocenters. The molecule has 100 valence electrons. The van der Waals surface area contributed by atoms with Crippen molar-refractivity contribution in [1.29, 1.82) is 0 Å². The molecule has 1 aliphatic heterocycles. The van der Waals surface area contributed by atoms with Gasteiger partial charge in [0.2, 0.25) is 0 Å². The van der Waals surface area contributed by atoms with E-state index in [4.69, 9.17) is 14.2 Å². The molecule has 1 heterocycles. The lowest BCUT2D eigenvalue weighted by Crippen LogP contribution is -2.25. The maximum Gasteiger partial charge on any atom is 0.134 e. The van der Waals surface area contributed by atoms with Crippen LogP contribution in [0.2, 0.25) is 6.04 Å². The molecule has 17 heavy (non-hydrogen) atoms. The SMILES string of the molecule is CCOC(OCC)[SiH2]CCC1CCC2OC2C1. The average Bonchev–Trinajstić information content (AvgIpc) is 3.08. The maximum absolute atomic E-state index is 5.62. The average molecular weight is 258 g/mol. The lowest BCUT2D eigenvalue weighted by atomic mass is 9.88. The van der Waals surface area contributed by atoms with Crippen LogP contribution in [0.1, 0.15) is 39.5 Å². The number of ether oxygens (including phenoxy) is 3. The molecule has 2 aliphatic rings. The van der Waals surface area contributed by atoms with Crippen molar-refractivity contribution in [1.82, 2.24) is 0 Å². The van der Waals surface area contributed by atoms with Crippen molar-refractivity contribution in [3.8, 4) is 0 Å². The zero-order chi connectivity index (χ0) is 12.1. The molecule has 0 aromatic rings. The monoisotopic (exact) mass is 258 g/mol.